The lowest BCUT2D eigenvalue weighted by molar-refractivity contribution is 0.0917. The summed E-state index contributed by atoms with van der Waals surface area (Å²) in [6.07, 6.45) is 6.56. The predicted molar refractivity (Wildman–Crippen MR) is 154 cm³/mol. The van der Waals surface area contributed by atoms with Crippen molar-refractivity contribution in [3.63, 3.8) is 0 Å². The number of amides is 2. The molecule has 40 heavy (non-hydrogen) atoms. The Kier molecular flexibility index (Phi) is 7.23. The molecule has 0 unspecified atom stereocenters. The summed E-state index contributed by atoms with van der Waals surface area (Å²) in [4.78, 5) is 43.4. The molecule has 2 amide bonds. The molecule has 6 rings (SSSR count). The molecule has 2 heterocycles. The highest BCUT2D eigenvalue weighted by Gasteiger charge is 2.29. The number of hydrogen-bond donors (Lipinski definition) is 2. The van der Waals surface area contributed by atoms with Crippen molar-refractivity contribution in [2.45, 2.75) is 50.6 Å². The Morgan fingerprint density at radius 3 is 2.50 bits per heavy atom. The first-order chi connectivity index (χ1) is 19.3. The molecule has 0 saturated heterocycles. The van der Waals surface area contributed by atoms with Crippen molar-refractivity contribution in [2.24, 2.45) is 5.92 Å². The van der Waals surface area contributed by atoms with Gasteiger partial charge >= 0.3 is 0 Å². The van der Waals surface area contributed by atoms with Crippen molar-refractivity contribution in [3.05, 3.63) is 86.0 Å². The largest absolute Gasteiger partial charge is 0.350 e. The Morgan fingerprint density at radius 1 is 0.975 bits per heavy atom. The number of benzene rings is 2. The number of pyridine rings is 2. The number of carbonyl (C=O) groups is 2. The van der Waals surface area contributed by atoms with E-state index in [0.29, 0.717) is 28.3 Å². The summed E-state index contributed by atoms with van der Waals surface area (Å²) in [5.74, 6) is -1.08. The van der Waals surface area contributed by atoms with E-state index < -0.39 is 17.2 Å². The lowest BCUT2D eigenvalue weighted by Crippen LogP contribution is -2.41. The first-order valence-corrected chi connectivity index (χ1v) is 14.2. The molecule has 4 aromatic rings. The van der Waals surface area contributed by atoms with Gasteiger partial charge in [-0.25, -0.2) is 9.37 Å². The molecule has 10 heteroatoms. The number of fused-ring (bicyclic) bond motifs is 2. The normalized spacial score (nSPS) is 19.1. The quantitative estimate of drug-likeness (QED) is 0.290. The van der Waals surface area contributed by atoms with Gasteiger partial charge in [0.15, 0.2) is 0 Å². The van der Waals surface area contributed by atoms with E-state index >= 15 is 0 Å². The van der Waals surface area contributed by atoms with E-state index in [-0.39, 0.29) is 39.9 Å². The van der Waals surface area contributed by atoms with E-state index in [9.17, 15) is 18.8 Å². The second kappa shape index (κ2) is 10.8. The maximum absolute atomic E-state index is 14.2. The predicted octanol–water partition coefficient (Wildman–Crippen LogP) is 6.05. The van der Waals surface area contributed by atoms with Crippen LogP contribution in [-0.2, 0) is 0 Å². The standard InChI is InChI=1S/C30H27Cl2FN4O3/c31-18-4-10-25-17(11-18)3-9-26(36-25)30(40)34-14-16-1-5-19(6-2-16)35-29(39)22-15-37(20-7-8-20)27-13-23(32)24(33)12-21(27)28(22)38/h3-4,9-13,15-16,19-20H,1-2,5-8,14H2,(H,34,40)(H,35,39)/t16-,19-. The van der Waals surface area contributed by atoms with Crippen molar-refractivity contribution >= 4 is 56.8 Å². The fraction of sp³-hybridized carbons (Fsp3) is 0.333. The summed E-state index contributed by atoms with van der Waals surface area (Å²) in [7, 11) is 0. The Labute approximate surface area is 239 Å². The maximum atomic E-state index is 14.2. The summed E-state index contributed by atoms with van der Waals surface area (Å²) in [5.41, 5.74) is 1.12. The molecular formula is C30H27Cl2FN4O3. The third-order valence-corrected chi connectivity index (χ3v) is 8.40. The molecule has 0 spiro atoms. The number of halogens is 3. The average Bonchev–Trinajstić information content (AvgIpc) is 3.79. The smallest absolute Gasteiger partial charge is 0.269 e. The van der Waals surface area contributed by atoms with Gasteiger partial charge < -0.3 is 15.2 Å². The maximum Gasteiger partial charge on any atom is 0.269 e. The van der Waals surface area contributed by atoms with Crippen LogP contribution < -0.4 is 16.1 Å². The van der Waals surface area contributed by atoms with Gasteiger partial charge in [-0.05, 0) is 80.8 Å². The zero-order chi connectivity index (χ0) is 28.0. The van der Waals surface area contributed by atoms with Crippen molar-refractivity contribution in [1.29, 1.82) is 0 Å². The topological polar surface area (TPSA) is 93.1 Å². The van der Waals surface area contributed by atoms with Crippen LogP contribution in [0.4, 0.5) is 4.39 Å². The molecule has 7 nitrogen and oxygen atoms in total. The number of rotatable bonds is 6. The minimum atomic E-state index is -0.683. The van der Waals surface area contributed by atoms with Crippen molar-refractivity contribution in [2.75, 3.05) is 6.54 Å². The lowest BCUT2D eigenvalue weighted by atomic mass is 9.86. The summed E-state index contributed by atoms with van der Waals surface area (Å²) in [6.45, 7) is 0.519. The van der Waals surface area contributed by atoms with Crippen LogP contribution in [0.25, 0.3) is 21.8 Å². The highest BCUT2D eigenvalue weighted by atomic mass is 35.5. The first-order valence-electron chi connectivity index (χ1n) is 13.5. The fourth-order valence-corrected chi connectivity index (χ4v) is 5.82. The second-order valence-corrected chi connectivity index (χ2v) is 11.6. The Bertz CT molecular complexity index is 1710. The van der Waals surface area contributed by atoms with Crippen molar-refractivity contribution in [1.82, 2.24) is 20.2 Å². The van der Waals surface area contributed by atoms with Crippen molar-refractivity contribution < 1.29 is 14.0 Å². The summed E-state index contributed by atoms with van der Waals surface area (Å²) in [6, 6.07) is 11.5. The van der Waals surface area contributed by atoms with Gasteiger partial charge in [0, 0.05) is 40.6 Å². The van der Waals surface area contributed by atoms with Crippen LogP contribution in [0, 0.1) is 11.7 Å². The van der Waals surface area contributed by atoms with Gasteiger partial charge in [-0.3, -0.25) is 14.4 Å². The minimum absolute atomic E-state index is 0.0145. The molecule has 2 aromatic carbocycles. The zero-order valence-electron chi connectivity index (χ0n) is 21.6. The van der Waals surface area contributed by atoms with Gasteiger partial charge in [-0.2, -0.15) is 0 Å². The van der Waals surface area contributed by atoms with Gasteiger partial charge in [-0.15, -0.1) is 0 Å². The van der Waals surface area contributed by atoms with Crippen molar-refractivity contribution in [3.8, 4) is 0 Å². The number of hydrogen-bond acceptors (Lipinski definition) is 4. The zero-order valence-corrected chi connectivity index (χ0v) is 23.1. The number of nitrogens with zero attached hydrogens (tertiary/aromatic N) is 2. The van der Waals surface area contributed by atoms with E-state index in [1.807, 2.05) is 10.6 Å². The third-order valence-electron chi connectivity index (χ3n) is 7.88. The molecule has 2 aromatic heterocycles. The molecule has 2 fully saturated rings. The Balaban J connectivity index is 1.06. The van der Waals surface area contributed by atoms with E-state index in [0.717, 1.165) is 50.0 Å². The highest BCUT2D eigenvalue weighted by Crippen LogP contribution is 2.37. The Hall–Kier alpha value is -3.49. The monoisotopic (exact) mass is 580 g/mol. The molecule has 206 valence electrons. The van der Waals surface area contributed by atoms with Crippen LogP contribution in [0.3, 0.4) is 0 Å². The van der Waals surface area contributed by atoms with E-state index in [1.54, 1.807) is 30.5 Å². The van der Waals surface area contributed by atoms with Crippen LogP contribution >= 0.6 is 23.2 Å². The minimum Gasteiger partial charge on any atom is -0.350 e. The van der Waals surface area contributed by atoms with Crippen LogP contribution in [0.15, 0.2) is 53.5 Å². The van der Waals surface area contributed by atoms with Crippen LogP contribution in [0.1, 0.15) is 65.4 Å². The SMILES string of the molecule is O=C(NC[C@H]1CC[C@H](NC(=O)c2cn(C3CC3)c3cc(Cl)c(F)cc3c2=O)CC1)c1ccc2cc(Cl)ccc2n1. The molecule has 0 radical (unpaired) electrons. The Morgan fingerprint density at radius 2 is 1.75 bits per heavy atom. The highest BCUT2D eigenvalue weighted by molar-refractivity contribution is 6.31. The fourth-order valence-electron chi connectivity index (χ4n) is 5.49. The van der Waals surface area contributed by atoms with Gasteiger partial charge in [0.25, 0.3) is 11.8 Å². The lowest BCUT2D eigenvalue weighted by Gasteiger charge is -2.29. The van der Waals surface area contributed by atoms with Gasteiger partial charge in [0.05, 0.1) is 16.1 Å². The van der Waals surface area contributed by atoms with E-state index in [4.69, 9.17) is 23.2 Å². The molecule has 2 N–H and O–H groups in total. The second-order valence-electron chi connectivity index (χ2n) is 10.7. The first kappa shape index (κ1) is 26.7. The molecule has 2 saturated carbocycles. The van der Waals surface area contributed by atoms with Gasteiger partial charge in [0.2, 0.25) is 5.43 Å². The molecule has 0 aliphatic heterocycles. The molecule has 0 atom stereocenters. The summed E-state index contributed by atoms with van der Waals surface area (Å²) < 4.78 is 16.1. The molecule has 2 aliphatic carbocycles. The van der Waals surface area contributed by atoms with E-state index in [1.165, 1.54) is 6.07 Å². The van der Waals surface area contributed by atoms with Crippen LogP contribution in [0.2, 0.25) is 10.0 Å². The van der Waals surface area contributed by atoms with Gasteiger partial charge in [0.1, 0.15) is 17.1 Å². The molecule has 0 bridgehead atoms. The summed E-state index contributed by atoms with van der Waals surface area (Å²) in [5, 5.41) is 7.59. The molecule has 2 aliphatic rings. The average molecular weight is 581 g/mol. The van der Waals surface area contributed by atoms with Gasteiger partial charge in [-0.1, -0.05) is 29.3 Å². The number of carbonyl (C=O) groups excluding carboxylic acids is 2. The summed E-state index contributed by atoms with van der Waals surface area (Å²) >= 11 is 12.0. The number of nitrogens with one attached hydrogen (secondary N) is 2. The molecular weight excluding hydrogens is 554 g/mol. The third kappa shape index (κ3) is 5.43. The number of aromatic nitrogens is 2. The van der Waals surface area contributed by atoms with E-state index in [2.05, 4.69) is 15.6 Å². The van der Waals surface area contributed by atoms with Crippen LogP contribution in [0.5, 0.6) is 0 Å². The van der Waals surface area contributed by atoms with Crippen LogP contribution in [-0.4, -0.2) is 34.0 Å².